The second kappa shape index (κ2) is 6.62. The number of carbonyl (C=O) groups excluding carboxylic acids is 1. The third kappa shape index (κ3) is 2.83. The van der Waals surface area contributed by atoms with Gasteiger partial charge in [0.25, 0.3) is 5.91 Å². The molecule has 1 saturated carbocycles. The number of imidazole rings is 1. The van der Waals surface area contributed by atoms with Crippen LogP contribution in [0.5, 0.6) is 0 Å². The standard InChI is InChI=1S/C22H23N5O2/c28-22(26-8-15-5-16-11-29-12-19(16)18(15)10-26)14-6-20-21(24-7-14)27(13-25-20)9-17-3-1-2-4-23-17/h1-4,6-7,13,15-16,18-19H,5,8-12H2/t15-,16+,18+,19-/m0/s1. The number of hydrogen-bond acceptors (Lipinski definition) is 5. The van der Waals surface area contributed by atoms with E-state index in [2.05, 4.69) is 15.0 Å². The molecule has 0 radical (unpaired) electrons. The molecule has 148 valence electrons. The van der Waals surface area contributed by atoms with E-state index < -0.39 is 0 Å². The fourth-order valence-electron chi connectivity index (χ4n) is 5.55. The van der Waals surface area contributed by atoms with Crippen LogP contribution in [0.1, 0.15) is 22.5 Å². The summed E-state index contributed by atoms with van der Waals surface area (Å²) in [5, 5.41) is 0. The number of fused-ring (bicyclic) bond motifs is 4. The Hall–Kier alpha value is -2.80. The predicted octanol–water partition coefficient (Wildman–Crippen LogP) is 2.23. The second-order valence-corrected chi connectivity index (χ2v) is 8.59. The number of hydrogen-bond donors (Lipinski definition) is 0. The van der Waals surface area contributed by atoms with Gasteiger partial charge in [0.2, 0.25) is 0 Å². The molecule has 29 heavy (non-hydrogen) atoms. The molecule has 2 aliphatic heterocycles. The van der Waals surface area contributed by atoms with E-state index in [1.807, 2.05) is 33.7 Å². The molecule has 5 heterocycles. The summed E-state index contributed by atoms with van der Waals surface area (Å²) in [6.45, 7) is 4.10. The lowest BCUT2D eigenvalue weighted by atomic mass is 9.91. The molecule has 7 nitrogen and oxygen atoms in total. The van der Waals surface area contributed by atoms with Crippen LogP contribution in [0, 0.1) is 23.7 Å². The second-order valence-electron chi connectivity index (χ2n) is 8.59. The van der Waals surface area contributed by atoms with Crippen molar-refractivity contribution in [2.24, 2.45) is 23.7 Å². The minimum atomic E-state index is 0.0727. The van der Waals surface area contributed by atoms with Gasteiger partial charge in [0.1, 0.15) is 5.52 Å². The van der Waals surface area contributed by atoms with Crippen LogP contribution in [0.15, 0.2) is 43.0 Å². The summed E-state index contributed by atoms with van der Waals surface area (Å²) in [4.78, 5) is 28.5. The van der Waals surface area contributed by atoms with Crippen LogP contribution in [-0.4, -0.2) is 56.6 Å². The van der Waals surface area contributed by atoms with E-state index in [1.54, 1.807) is 18.7 Å². The summed E-state index contributed by atoms with van der Waals surface area (Å²) in [7, 11) is 0. The molecule has 0 N–H and O–H groups in total. The normalized spacial score (nSPS) is 28.1. The van der Waals surface area contributed by atoms with Crippen LogP contribution in [0.4, 0.5) is 0 Å². The summed E-state index contributed by atoms with van der Waals surface area (Å²) >= 11 is 0. The van der Waals surface area contributed by atoms with Crippen molar-refractivity contribution in [3.63, 3.8) is 0 Å². The number of pyridine rings is 2. The molecule has 2 saturated heterocycles. The Labute approximate surface area is 168 Å². The molecule has 6 rings (SSSR count). The van der Waals surface area contributed by atoms with Gasteiger partial charge in [-0.05, 0) is 48.3 Å². The quantitative estimate of drug-likeness (QED) is 0.687. The molecule has 0 bridgehead atoms. The Morgan fingerprint density at radius 2 is 2.07 bits per heavy atom. The van der Waals surface area contributed by atoms with Gasteiger partial charge in [-0.3, -0.25) is 9.78 Å². The number of likely N-dealkylation sites (tertiary alicyclic amines) is 1. The van der Waals surface area contributed by atoms with Crippen molar-refractivity contribution in [1.29, 1.82) is 0 Å². The summed E-state index contributed by atoms with van der Waals surface area (Å²) in [6, 6.07) is 7.72. The maximum Gasteiger partial charge on any atom is 0.255 e. The van der Waals surface area contributed by atoms with Gasteiger partial charge in [-0.15, -0.1) is 0 Å². The smallest absolute Gasteiger partial charge is 0.255 e. The number of nitrogens with zero attached hydrogens (tertiary/aromatic N) is 5. The number of carbonyl (C=O) groups is 1. The molecule has 4 atom stereocenters. The van der Waals surface area contributed by atoms with E-state index in [0.29, 0.717) is 35.8 Å². The minimum absolute atomic E-state index is 0.0727. The third-order valence-electron chi connectivity index (χ3n) is 6.94. The largest absolute Gasteiger partial charge is 0.381 e. The highest BCUT2D eigenvalue weighted by Gasteiger charge is 2.51. The molecule has 1 amide bonds. The average molecular weight is 389 g/mol. The molecule has 1 aliphatic carbocycles. The topological polar surface area (TPSA) is 73.1 Å². The maximum atomic E-state index is 13.1. The molecule has 3 aromatic rings. The van der Waals surface area contributed by atoms with Crippen molar-refractivity contribution in [1.82, 2.24) is 24.4 Å². The van der Waals surface area contributed by atoms with Gasteiger partial charge < -0.3 is 14.2 Å². The fraction of sp³-hybridized carbons (Fsp3) is 0.455. The molecule has 3 fully saturated rings. The van der Waals surface area contributed by atoms with E-state index in [9.17, 15) is 4.79 Å². The Morgan fingerprint density at radius 3 is 2.97 bits per heavy atom. The van der Waals surface area contributed by atoms with E-state index in [0.717, 1.165) is 43.2 Å². The first-order valence-corrected chi connectivity index (χ1v) is 10.3. The number of rotatable bonds is 3. The van der Waals surface area contributed by atoms with Gasteiger partial charge in [-0.2, -0.15) is 0 Å². The van der Waals surface area contributed by atoms with Crippen molar-refractivity contribution >= 4 is 17.1 Å². The molecule has 0 spiro atoms. The summed E-state index contributed by atoms with van der Waals surface area (Å²) < 4.78 is 7.63. The molecular weight excluding hydrogens is 366 g/mol. The number of amides is 1. The fourth-order valence-corrected chi connectivity index (χ4v) is 5.55. The van der Waals surface area contributed by atoms with Crippen molar-refractivity contribution < 1.29 is 9.53 Å². The molecule has 0 unspecified atom stereocenters. The first-order valence-electron chi connectivity index (χ1n) is 10.3. The highest BCUT2D eigenvalue weighted by Crippen LogP contribution is 2.48. The van der Waals surface area contributed by atoms with Gasteiger partial charge in [-0.1, -0.05) is 6.07 Å². The molecule has 7 heteroatoms. The van der Waals surface area contributed by atoms with Gasteiger partial charge in [0.15, 0.2) is 5.65 Å². The lowest BCUT2D eigenvalue weighted by Gasteiger charge is -2.20. The Kier molecular flexibility index (Phi) is 3.90. The van der Waals surface area contributed by atoms with Gasteiger partial charge in [0, 0.05) is 32.1 Å². The maximum absolute atomic E-state index is 13.1. The highest BCUT2D eigenvalue weighted by molar-refractivity contribution is 5.96. The summed E-state index contributed by atoms with van der Waals surface area (Å²) in [5.74, 6) is 2.65. The van der Waals surface area contributed by atoms with E-state index >= 15 is 0 Å². The molecule has 0 aromatic carbocycles. The van der Waals surface area contributed by atoms with Gasteiger partial charge >= 0.3 is 0 Å². The van der Waals surface area contributed by atoms with E-state index in [1.165, 1.54) is 6.42 Å². The Bertz CT molecular complexity index is 1070. The van der Waals surface area contributed by atoms with E-state index in [-0.39, 0.29) is 5.91 Å². The first-order chi connectivity index (χ1) is 14.3. The lowest BCUT2D eigenvalue weighted by molar-refractivity contribution is 0.0773. The van der Waals surface area contributed by atoms with Crippen molar-refractivity contribution in [3.8, 4) is 0 Å². The highest BCUT2D eigenvalue weighted by atomic mass is 16.5. The zero-order valence-corrected chi connectivity index (χ0v) is 16.1. The van der Waals surface area contributed by atoms with Crippen LogP contribution in [0.3, 0.4) is 0 Å². The molecule has 3 aromatic heterocycles. The summed E-state index contributed by atoms with van der Waals surface area (Å²) in [6.07, 6.45) is 6.44. The van der Waals surface area contributed by atoms with Crippen LogP contribution in [0.2, 0.25) is 0 Å². The SMILES string of the molecule is O=C(c1cnc2c(c1)ncn2Cc1ccccn1)N1C[C@@H]2C[C@@H]3COC[C@@H]3[C@@H]2C1. The van der Waals surface area contributed by atoms with Crippen LogP contribution in [0.25, 0.3) is 11.2 Å². The average Bonchev–Trinajstić information content (AvgIpc) is 3.50. The Balaban J connectivity index is 1.21. The zero-order valence-electron chi connectivity index (χ0n) is 16.1. The number of aromatic nitrogens is 4. The van der Waals surface area contributed by atoms with Crippen LogP contribution in [-0.2, 0) is 11.3 Å². The first kappa shape index (κ1) is 17.1. The lowest BCUT2D eigenvalue weighted by Crippen LogP contribution is -2.31. The van der Waals surface area contributed by atoms with Crippen molar-refractivity contribution in [2.75, 3.05) is 26.3 Å². The van der Waals surface area contributed by atoms with Crippen molar-refractivity contribution in [3.05, 3.63) is 54.2 Å². The molecular formula is C22H23N5O2. The molecule has 3 aliphatic rings. The Morgan fingerprint density at radius 1 is 1.10 bits per heavy atom. The van der Waals surface area contributed by atoms with Crippen LogP contribution >= 0.6 is 0 Å². The number of ether oxygens (including phenoxy) is 1. The summed E-state index contributed by atoms with van der Waals surface area (Å²) in [5.41, 5.74) is 3.10. The van der Waals surface area contributed by atoms with Crippen molar-refractivity contribution in [2.45, 2.75) is 13.0 Å². The third-order valence-corrected chi connectivity index (χ3v) is 6.94. The van der Waals surface area contributed by atoms with Gasteiger partial charge in [0.05, 0.1) is 30.7 Å². The predicted molar refractivity (Wildman–Crippen MR) is 106 cm³/mol. The monoisotopic (exact) mass is 389 g/mol. The van der Waals surface area contributed by atoms with Crippen LogP contribution < -0.4 is 0 Å². The zero-order chi connectivity index (χ0) is 19.4. The minimum Gasteiger partial charge on any atom is -0.381 e. The van der Waals surface area contributed by atoms with Gasteiger partial charge in [-0.25, -0.2) is 9.97 Å². The van der Waals surface area contributed by atoms with E-state index in [4.69, 9.17) is 4.74 Å².